The van der Waals surface area contributed by atoms with Gasteiger partial charge in [-0.2, -0.15) is 0 Å². The van der Waals surface area contributed by atoms with Crippen LogP contribution in [0.5, 0.6) is 0 Å². The average molecular weight is 422 g/mol. The molecule has 0 saturated heterocycles. The molecule has 8 heteroatoms. The summed E-state index contributed by atoms with van der Waals surface area (Å²) in [6, 6.07) is 15.2. The van der Waals surface area contributed by atoms with E-state index in [1.807, 2.05) is 24.3 Å². The van der Waals surface area contributed by atoms with Gasteiger partial charge in [0.25, 0.3) is 5.91 Å². The van der Waals surface area contributed by atoms with Crippen molar-refractivity contribution < 1.29 is 9.59 Å². The minimum Gasteiger partial charge on any atom is -0.367 e. The molecule has 4 rings (SSSR count). The normalized spacial score (nSPS) is 13.1. The number of nitrogens with one attached hydrogen (secondary N) is 2. The SMILES string of the molecule is CN(C)C(=O)c1ccc(NC(=O)CSc2nc(NC3CC3)c3ccccc3n2)cc1. The van der Waals surface area contributed by atoms with Crippen molar-refractivity contribution in [2.45, 2.75) is 24.0 Å². The number of hydrogen-bond acceptors (Lipinski definition) is 6. The second-order valence-corrected chi connectivity index (χ2v) is 8.35. The number of para-hydroxylation sites is 1. The third-order valence-corrected chi connectivity index (χ3v) is 5.50. The van der Waals surface area contributed by atoms with Gasteiger partial charge in [0.15, 0.2) is 5.16 Å². The lowest BCUT2D eigenvalue weighted by atomic mass is 10.2. The summed E-state index contributed by atoms with van der Waals surface area (Å²) in [5, 5.41) is 7.86. The van der Waals surface area contributed by atoms with Gasteiger partial charge in [-0.25, -0.2) is 9.97 Å². The number of fused-ring (bicyclic) bond motifs is 1. The van der Waals surface area contributed by atoms with E-state index in [1.165, 1.54) is 16.7 Å². The number of rotatable bonds is 7. The van der Waals surface area contributed by atoms with E-state index in [2.05, 4.69) is 20.6 Å². The first-order valence-electron chi connectivity index (χ1n) is 9.77. The molecule has 1 fully saturated rings. The smallest absolute Gasteiger partial charge is 0.253 e. The summed E-state index contributed by atoms with van der Waals surface area (Å²) in [6.45, 7) is 0. The molecule has 1 aromatic heterocycles. The van der Waals surface area contributed by atoms with Gasteiger partial charge in [-0.05, 0) is 49.2 Å². The highest BCUT2D eigenvalue weighted by atomic mass is 32.2. The Hall–Kier alpha value is -3.13. The van der Waals surface area contributed by atoms with Crippen LogP contribution in [0.15, 0.2) is 53.7 Å². The van der Waals surface area contributed by atoms with Crippen molar-refractivity contribution in [3.05, 3.63) is 54.1 Å². The predicted molar refractivity (Wildman–Crippen MR) is 120 cm³/mol. The number of amides is 2. The third kappa shape index (κ3) is 4.88. The molecule has 2 N–H and O–H groups in total. The second-order valence-electron chi connectivity index (χ2n) is 7.40. The van der Waals surface area contributed by atoms with Crippen LogP contribution in [0, 0.1) is 0 Å². The zero-order valence-corrected chi connectivity index (χ0v) is 17.7. The van der Waals surface area contributed by atoms with Crippen LogP contribution in [-0.2, 0) is 4.79 Å². The van der Waals surface area contributed by atoms with Gasteiger partial charge in [0.05, 0.1) is 11.3 Å². The fourth-order valence-corrected chi connectivity index (χ4v) is 3.58. The number of thioether (sulfide) groups is 1. The van der Waals surface area contributed by atoms with Crippen molar-refractivity contribution >= 4 is 46.0 Å². The lowest BCUT2D eigenvalue weighted by Crippen LogP contribution is -2.21. The number of aromatic nitrogens is 2. The van der Waals surface area contributed by atoms with Gasteiger partial charge >= 0.3 is 0 Å². The quantitative estimate of drug-likeness (QED) is 0.447. The summed E-state index contributed by atoms with van der Waals surface area (Å²) in [6.07, 6.45) is 2.31. The molecule has 2 aromatic carbocycles. The molecule has 1 heterocycles. The van der Waals surface area contributed by atoms with Crippen molar-refractivity contribution in [2.24, 2.45) is 0 Å². The minimum absolute atomic E-state index is 0.0764. The Bertz CT molecular complexity index is 1080. The van der Waals surface area contributed by atoms with E-state index in [9.17, 15) is 9.59 Å². The summed E-state index contributed by atoms with van der Waals surface area (Å²) in [4.78, 5) is 35.0. The Kier molecular flexibility index (Phi) is 5.85. The first-order chi connectivity index (χ1) is 14.5. The highest BCUT2D eigenvalue weighted by Gasteiger charge is 2.23. The van der Waals surface area contributed by atoms with Crippen LogP contribution in [0.2, 0.25) is 0 Å². The van der Waals surface area contributed by atoms with Crippen molar-refractivity contribution in [3.63, 3.8) is 0 Å². The first kappa shape index (κ1) is 20.2. The van der Waals surface area contributed by atoms with Crippen molar-refractivity contribution in [3.8, 4) is 0 Å². The molecule has 1 aliphatic rings. The van der Waals surface area contributed by atoms with Crippen LogP contribution < -0.4 is 10.6 Å². The van der Waals surface area contributed by atoms with Gasteiger partial charge in [-0.15, -0.1) is 0 Å². The highest BCUT2D eigenvalue weighted by Crippen LogP contribution is 2.29. The minimum atomic E-state index is -0.153. The monoisotopic (exact) mass is 421 g/mol. The summed E-state index contributed by atoms with van der Waals surface area (Å²) in [5.41, 5.74) is 2.08. The summed E-state index contributed by atoms with van der Waals surface area (Å²) < 4.78 is 0. The molecule has 1 aliphatic carbocycles. The van der Waals surface area contributed by atoms with E-state index in [0.29, 0.717) is 22.4 Å². The molecule has 0 aliphatic heterocycles. The Balaban J connectivity index is 1.40. The highest BCUT2D eigenvalue weighted by molar-refractivity contribution is 7.99. The largest absolute Gasteiger partial charge is 0.367 e. The maximum Gasteiger partial charge on any atom is 0.253 e. The van der Waals surface area contributed by atoms with Gasteiger partial charge in [-0.1, -0.05) is 23.9 Å². The Morgan fingerprint density at radius 2 is 1.80 bits per heavy atom. The molecule has 1 saturated carbocycles. The van der Waals surface area contributed by atoms with Crippen LogP contribution in [0.25, 0.3) is 10.9 Å². The van der Waals surface area contributed by atoms with Crippen molar-refractivity contribution in [2.75, 3.05) is 30.5 Å². The molecule has 154 valence electrons. The van der Waals surface area contributed by atoms with E-state index in [1.54, 1.807) is 38.4 Å². The molecule has 3 aromatic rings. The summed E-state index contributed by atoms with van der Waals surface area (Å²) in [7, 11) is 3.41. The van der Waals surface area contributed by atoms with Crippen LogP contribution in [-0.4, -0.2) is 52.6 Å². The van der Waals surface area contributed by atoms with Crippen LogP contribution in [0.4, 0.5) is 11.5 Å². The fraction of sp³-hybridized carbons (Fsp3) is 0.273. The average Bonchev–Trinajstić information content (AvgIpc) is 3.56. The molecule has 0 spiro atoms. The molecular weight excluding hydrogens is 398 g/mol. The van der Waals surface area contributed by atoms with Crippen LogP contribution in [0.3, 0.4) is 0 Å². The maximum absolute atomic E-state index is 12.4. The number of benzene rings is 2. The molecule has 2 amide bonds. The zero-order valence-electron chi connectivity index (χ0n) is 16.9. The molecule has 0 radical (unpaired) electrons. The first-order valence-corrected chi connectivity index (χ1v) is 10.8. The Morgan fingerprint density at radius 1 is 1.07 bits per heavy atom. The summed E-state index contributed by atoms with van der Waals surface area (Å²) >= 11 is 1.30. The van der Waals surface area contributed by atoms with E-state index in [-0.39, 0.29) is 17.6 Å². The third-order valence-electron chi connectivity index (χ3n) is 4.66. The number of carbonyl (C=O) groups is 2. The Morgan fingerprint density at radius 3 is 2.50 bits per heavy atom. The van der Waals surface area contributed by atoms with Crippen LogP contribution in [0.1, 0.15) is 23.2 Å². The topological polar surface area (TPSA) is 87.2 Å². The van der Waals surface area contributed by atoms with Gasteiger partial charge in [0, 0.05) is 36.8 Å². The standard InChI is InChI=1S/C22H23N5O2S/c1-27(2)21(29)14-7-9-15(10-8-14)23-19(28)13-30-22-25-18-6-4-3-5-17(18)20(26-22)24-16-11-12-16/h3-10,16H,11-13H2,1-2H3,(H,23,28)(H,24,25,26). The number of carbonyl (C=O) groups excluding carboxylic acids is 2. The van der Waals surface area contributed by atoms with E-state index in [4.69, 9.17) is 0 Å². The number of anilines is 2. The lowest BCUT2D eigenvalue weighted by Gasteiger charge is -2.11. The van der Waals surface area contributed by atoms with Gasteiger partial charge < -0.3 is 15.5 Å². The number of nitrogens with zero attached hydrogens (tertiary/aromatic N) is 3. The van der Waals surface area contributed by atoms with Gasteiger partial charge in [-0.3, -0.25) is 9.59 Å². The number of hydrogen-bond donors (Lipinski definition) is 2. The molecule has 0 bridgehead atoms. The molecule has 0 unspecified atom stereocenters. The molecule has 0 atom stereocenters. The van der Waals surface area contributed by atoms with Gasteiger partial charge in [0.1, 0.15) is 5.82 Å². The zero-order chi connectivity index (χ0) is 21.1. The maximum atomic E-state index is 12.4. The van der Waals surface area contributed by atoms with Crippen molar-refractivity contribution in [1.82, 2.24) is 14.9 Å². The van der Waals surface area contributed by atoms with Gasteiger partial charge in [0.2, 0.25) is 5.91 Å². The second kappa shape index (κ2) is 8.71. The van der Waals surface area contributed by atoms with Crippen LogP contribution >= 0.6 is 11.8 Å². The molecule has 7 nitrogen and oxygen atoms in total. The fourth-order valence-electron chi connectivity index (χ4n) is 2.93. The van der Waals surface area contributed by atoms with E-state index < -0.39 is 0 Å². The predicted octanol–water partition coefficient (Wildman–Crippen LogP) is 3.64. The molecular formula is C22H23N5O2S. The lowest BCUT2D eigenvalue weighted by molar-refractivity contribution is -0.113. The van der Waals surface area contributed by atoms with Crippen molar-refractivity contribution in [1.29, 1.82) is 0 Å². The van der Waals surface area contributed by atoms with E-state index in [0.717, 1.165) is 29.6 Å². The summed E-state index contributed by atoms with van der Waals surface area (Å²) in [5.74, 6) is 0.791. The molecule has 30 heavy (non-hydrogen) atoms. The Labute approximate surface area is 179 Å². The van der Waals surface area contributed by atoms with E-state index >= 15 is 0 Å².